The fourth-order valence-corrected chi connectivity index (χ4v) is 3.24. The largest absolute Gasteiger partial charge is 0.391 e. The monoisotopic (exact) mass is 304 g/mol. The van der Waals surface area contributed by atoms with Crippen molar-refractivity contribution in [2.45, 2.75) is 62.8 Å². The van der Waals surface area contributed by atoms with Gasteiger partial charge in [-0.2, -0.15) is 13.2 Å². The minimum absolute atomic E-state index is 0.239. The Morgan fingerprint density at radius 2 is 1.71 bits per heavy atom. The molecule has 0 spiro atoms. The van der Waals surface area contributed by atoms with Gasteiger partial charge in [-0.3, -0.25) is 4.99 Å². The Balaban J connectivity index is 1.37. The zero-order chi connectivity index (χ0) is 15.0. The summed E-state index contributed by atoms with van der Waals surface area (Å²) in [5.41, 5.74) is 5.82. The number of halogens is 3. The lowest BCUT2D eigenvalue weighted by Gasteiger charge is -2.46. The van der Waals surface area contributed by atoms with E-state index in [1.165, 1.54) is 0 Å². The van der Waals surface area contributed by atoms with Gasteiger partial charge in [0.1, 0.15) is 0 Å². The van der Waals surface area contributed by atoms with Crippen LogP contribution in [-0.4, -0.2) is 48.3 Å². The first-order valence-corrected chi connectivity index (χ1v) is 7.82. The van der Waals surface area contributed by atoms with Gasteiger partial charge < -0.3 is 16.0 Å². The van der Waals surface area contributed by atoms with Gasteiger partial charge in [-0.05, 0) is 51.6 Å². The van der Waals surface area contributed by atoms with E-state index in [2.05, 4.69) is 15.2 Å². The average molecular weight is 304 g/mol. The molecule has 0 radical (unpaired) electrons. The highest BCUT2D eigenvalue weighted by Crippen LogP contribution is 2.36. The Bertz CT molecular complexity index is 392. The summed E-state index contributed by atoms with van der Waals surface area (Å²) in [4.78, 5) is 6.53. The average Bonchev–Trinajstić information content (AvgIpc) is 3.16. The van der Waals surface area contributed by atoms with E-state index in [9.17, 15) is 13.2 Å². The summed E-state index contributed by atoms with van der Waals surface area (Å²) in [5.74, 6) is -0.583. The molecule has 0 amide bonds. The van der Waals surface area contributed by atoms with E-state index in [0.29, 0.717) is 37.2 Å². The number of likely N-dealkylation sites (tertiary alicyclic amines) is 1. The van der Waals surface area contributed by atoms with Crippen molar-refractivity contribution < 1.29 is 13.2 Å². The van der Waals surface area contributed by atoms with Gasteiger partial charge in [-0.25, -0.2) is 0 Å². The van der Waals surface area contributed by atoms with Crippen LogP contribution in [0.1, 0.15) is 38.5 Å². The molecule has 1 aliphatic heterocycles. The van der Waals surface area contributed by atoms with Crippen LogP contribution in [0.4, 0.5) is 13.2 Å². The van der Waals surface area contributed by atoms with E-state index in [4.69, 9.17) is 5.73 Å². The molecule has 3 fully saturated rings. The molecule has 21 heavy (non-hydrogen) atoms. The van der Waals surface area contributed by atoms with Crippen molar-refractivity contribution in [2.75, 3.05) is 13.1 Å². The number of hydrogen-bond acceptors (Lipinski definition) is 2. The van der Waals surface area contributed by atoms with Crippen LogP contribution in [0, 0.1) is 5.92 Å². The molecule has 0 aromatic heterocycles. The third kappa shape index (κ3) is 3.81. The third-order valence-electron chi connectivity index (χ3n) is 4.84. The molecule has 0 aromatic rings. The van der Waals surface area contributed by atoms with Crippen molar-refractivity contribution in [3.8, 4) is 0 Å². The Hall–Kier alpha value is -0.980. The van der Waals surface area contributed by atoms with Crippen LogP contribution < -0.4 is 11.1 Å². The zero-order valence-corrected chi connectivity index (χ0v) is 12.1. The standard InChI is InChI=1S/C14H23F3N4/c15-14(16,17)9-3-5-21(6-4-9)12-7-11(8-12)20-13(18)19-10-1-2-10/h9-12H,1-8H2,(H3,18,19,20). The molecule has 1 saturated heterocycles. The predicted molar refractivity (Wildman–Crippen MR) is 74.9 cm³/mol. The fraction of sp³-hybridized carbons (Fsp3) is 0.929. The van der Waals surface area contributed by atoms with E-state index in [1.54, 1.807) is 0 Å². The smallest absolute Gasteiger partial charge is 0.370 e. The van der Waals surface area contributed by atoms with Crippen LogP contribution in [0.25, 0.3) is 0 Å². The number of nitrogens with zero attached hydrogens (tertiary/aromatic N) is 2. The van der Waals surface area contributed by atoms with E-state index in [0.717, 1.165) is 25.7 Å². The molecule has 3 N–H and O–H groups in total. The second-order valence-electron chi connectivity index (χ2n) is 6.56. The summed E-state index contributed by atoms with van der Waals surface area (Å²) in [7, 11) is 0. The lowest BCUT2D eigenvalue weighted by molar-refractivity contribution is -0.187. The molecule has 0 atom stereocenters. The van der Waals surface area contributed by atoms with Crippen molar-refractivity contribution in [1.82, 2.24) is 10.2 Å². The fourth-order valence-electron chi connectivity index (χ4n) is 3.24. The quantitative estimate of drug-likeness (QED) is 0.618. The number of piperidine rings is 1. The lowest BCUT2D eigenvalue weighted by atomic mass is 9.83. The minimum Gasteiger partial charge on any atom is -0.370 e. The van der Waals surface area contributed by atoms with Gasteiger partial charge in [0.2, 0.25) is 0 Å². The summed E-state index contributed by atoms with van der Waals surface area (Å²) in [5, 5.41) is 3.21. The molecule has 120 valence electrons. The number of nitrogens with two attached hydrogens (primary N) is 1. The van der Waals surface area contributed by atoms with Gasteiger partial charge in [0.25, 0.3) is 0 Å². The first kappa shape index (κ1) is 14.9. The van der Waals surface area contributed by atoms with Crippen molar-refractivity contribution >= 4 is 5.96 Å². The summed E-state index contributed by atoms with van der Waals surface area (Å²) in [6.45, 7) is 1.13. The third-order valence-corrected chi connectivity index (χ3v) is 4.84. The van der Waals surface area contributed by atoms with Crippen LogP contribution in [0.15, 0.2) is 4.99 Å². The number of nitrogens with one attached hydrogen (secondary N) is 1. The molecule has 0 bridgehead atoms. The molecule has 0 aromatic carbocycles. The Kier molecular flexibility index (Phi) is 4.03. The van der Waals surface area contributed by atoms with E-state index in [1.807, 2.05) is 0 Å². The Morgan fingerprint density at radius 3 is 2.24 bits per heavy atom. The van der Waals surface area contributed by atoms with Crippen molar-refractivity contribution in [3.05, 3.63) is 0 Å². The molecule has 2 saturated carbocycles. The molecule has 3 rings (SSSR count). The van der Waals surface area contributed by atoms with E-state index < -0.39 is 12.1 Å². The maximum absolute atomic E-state index is 12.6. The zero-order valence-electron chi connectivity index (χ0n) is 12.1. The van der Waals surface area contributed by atoms with Gasteiger partial charge in [-0.1, -0.05) is 0 Å². The van der Waals surface area contributed by atoms with Crippen LogP contribution in [0.2, 0.25) is 0 Å². The van der Waals surface area contributed by atoms with Crippen molar-refractivity contribution in [1.29, 1.82) is 0 Å². The molecule has 2 aliphatic carbocycles. The topological polar surface area (TPSA) is 53.6 Å². The summed E-state index contributed by atoms with van der Waals surface area (Å²) >= 11 is 0. The van der Waals surface area contributed by atoms with Gasteiger partial charge in [0.05, 0.1) is 12.0 Å². The molecule has 4 nitrogen and oxygen atoms in total. The summed E-state index contributed by atoms with van der Waals surface area (Å²) in [6.07, 6.45) is 0.624. The number of hydrogen-bond donors (Lipinski definition) is 2. The van der Waals surface area contributed by atoms with Crippen molar-refractivity contribution in [2.24, 2.45) is 16.6 Å². The number of alkyl halides is 3. The highest BCUT2D eigenvalue weighted by Gasteiger charge is 2.43. The number of aliphatic imine (C=N–C) groups is 1. The molecule has 1 heterocycles. The molecular formula is C14H23F3N4. The van der Waals surface area contributed by atoms with Crippen LogP contribution in [0.3, 0.4) is 0 Å². The summed E-state index contributed by atoms with van der Waals surface area (Å²) < 4.78 is 37.9. The first-order chi connectivity index (χ1) is 9.91. The SMILES string of the molecule is NC(=NC1CC1)NC1CC(N2CCC(C(F)(F)F)CC2)C1. The minimum atomic E-state index is -4.02. The van der Waals surface area contributed by atoms with E-state index in [-0.39, 0.29) is 12.8 Å². The molecule has 7 heteroatoms. The normalized spacial score (nSPS) is 32.8. The second kappa shape index (κ2) is 5.66. The highest BCUT2D eigenvalue weighted by molar-refractivity contribution is 5.78. The lowest BCUT2D eigenvalue weighted by Crippen LogP contribution is -2.57. The van der Waals surface area contributed by atoms with Crippen molar-refractivity contribution in [3.63, 3.8) is 0 Å². The molecule has 3 aliphatic rings. The van der Waals surface area contributed by atoms with Gasteiger partial charge >= 0.3 is 6.18 Å². The number of guanidine groups is 1. The first-order valence-electron chi connectivity index (χ1n) is 7.82. The van der Waals surface area contributed by atoms with Gasteiger partial charge in [0.15, 0.2) is 5.96 Å². The predicted octanol–water partition coefficient (Wildman–Crippen LogP) is 1.86. The van der Waals surface area contributed by atoms with E-state index >= 15 is 0 Å². The second-order valence-corrected chi connectivity index (χ2v) is 6.56. The van der Waals surface area contributed by atoms with Crippen LogP contribution >= 0.6 is 0 Å². The Labute approximate surface area is 123 Å². The van der Waals surface area contributed by atoms with Crippen LogP contribution in [0.5, 0.6) is 0 Å². The van der Waals surface area contributed by atoms with Crippen LogP contribution in [-0.2, 0) is 0 Å². The highest BCUT2D eigenvalue weighted by atomic mass is 19.4. The maximum Gasteiger partial charge on any atom is 0.391 e. The Morgan fingerprint density at radius 1 is 1.10 bits per heavy atom. The number of rotatable bonds is 3. The summed E-state index contributed by atoms with van der Waals surface area (Å²) in [6, 6.07) is 1.15. The molecular weight excluding hydrogens is 281 g/mol. The maximum atomic E-state index is 12.6. The van der Waals surface area contributed by atoms with Gasteiger partial charge in [0, 0.05) is 12.1 Å². The van der Waals surface area contributed by atoms with Gasteiger partial charge in [-0.15, -0.1) is 0 Å². The molecule has 0 unspecified atom stereocenters.